The van der Waals surface area contributed by atoms with Gasteiger partial charge in [0.25, 0.3) is 0 Å². The fourth-order valence-electron chi connectivity index (χ4n) is 3.56. The molecule has 0 aliphatic carbocycles. The van der Waals surface area contributed by atoms with Crippen LogP contribution in [-0.4, -0.2) is 67.5 Å². The zero-order valence-corrected chi connectivity index (χ0v) is 18.9. The average Bonchev–Trinajstić information content (AvgIpc) is 3.04. The predicted molar refractivity (Wildman–Crippen MR) is 115 cm³/mol. The zero-order valence-electron chi connectivity index (χ0n) is 17.4. The van der Waals surface area contributed by atoms with Crippen LogP contribution in [0.1, 0.15) is 20.1 Å². The summed E-state index contributed by atoms with van der Waals surface area (Å²) < 4.78 is 12.2. The number of ether oxygens (including phenoxy) is 2. The lowest BCUT2D eigenvalue weighted by Gasteiger charge is -2.31. The van der Waals surface area contributed by atoms with Crippen LogP contribution in [0.4, 0.5) is 11.5 Å². The van der Waals surface area contributed by atoms with Crippen molar-refractivity contribution in [2.45, 2.75) is 44.0 Å². The van der Waals surface area contributed by atoms with E-state index in [9.17, 15) is 29.7 Å². The Hall–Kier alpha value is -2.64. The first kappa shape index (κ1) is 24.0. The van der Waals surface area contributed by atoms with Crippen molar-refractivity contribution in [2.75, 3.05) is 12.4 Å². The van der Waals surface area contributed by atoms with Gasteiger partial charge in [0.15, 0.2) is 29.2 Å². The number of hydrogen-bond donors (Lipinski definition) is 4. The second kappa shape index (κ2) is 9.08. The van der Waals surface area contributed by atoms with E-state index in [-0.39, 0.29) is 16.0 Å². The third-order valence-electron chi connectivity index (χ3n) is 5.27. The smallest absolute Gasteiger partial charge is 0.351 e. The number of aromatic hydroxyl groups is 1. The van der Waals surface area contributed by atoms with Gasteiger partial charge in [-0.1, -0.05) is 12.1 Å². The number of halogens is 1. The van der Waals surface area contributed by atoms with Crippen LogP contribution >= 0.6 is 15.9 Å². The number of nitrogens with one attached hydrogen (secondary N) is 1. The molecule has 1 fully saturated rings. The van der Waals surface area contributed by atoms with Crippen molar-refractivity contribution in [1.29, 1.82) is 0 Å². The molecular formula is C20H22BrN3O8. The maximum Gasteiger partial charge on any atom is 0.351 e. The summed E-state index contributed by atoms with van der Waals surface area (Å²) in [5.74, 6) is -1.52. The van der Waals surface area contributed by atoms with Gasteiger partial charge in [0.2, 0.25) is 0 Å². The summed E-state index contributed by atoms with van der Waals surface area (Å²) in [6.45, 7) is 2.14. The van der Waals surface area contributed by atoms with E-state index in [2.05, 4.69) is 26.2 Å². The zero-order chi connectivity index (χ0) is 23.8. The molecule has 0 spiro atoms. The minimum absolute atomic E-state index is 0.0588. The third kappa shape index (κ3) is 4.07. The lowest BCUT2D eigenvalue weighted by Crippen LogP contribution is -2.58. The number of carbonyl (C=O) groups excluding carboxylic acids is 2. The number of Topliss-reactive ketones (excluding diaryl/α,β-unsaturated/α-hetero) is 2. The number of anilines is 2. The number of hydrogen-bond acceptors (Lipinski definition) is 10. The van der Waals surface area contributed by atoms with Gasteiger partial charge in [-0.3, -0.25) is 14.2 Å². The molecule has 1 aromatic heterocycles. The first-order valence-electron chi connectivity index (χ1n) is 9.46. The molecule has 32 heavy (non-hydrogen) atoms. The molecule has 12 heteroatoms. The Morgan fingerprint density at radius 3 is 2.56 bits per heavy atom. The quantitative estimate of drug-likeness (QED) is 0.388. The van der Waals surface area contributed by atoms with Crippen LogP contribution in [0.25, 0.3) is 0 Å². The molecule has 172 valence electrons. The Kier molecular flexibility index (Phi) is 6.81. The average molecular weight is 512 g/mol. The molecule has 1 saturated heterocycles. The standard InChI is InChI=1S/C20H22BrN3O8/c1-9(25)14(28)15-20(30,10(2)26)16(31-3)18(32-15)24-8-11(21)17(23-19(24)29)22-12-6-4-5-7-13(12)27/h4-8,14-16,18,27-28,30H,1-3H3,(H,22,23,29)/t14?,15-,16+,18-,20-/m1/s1. The molecule has 2 heterocycles. The lowest BCUT2D eigenvalue weighted by molar-refractivity contribution is -0.164. The number of carbonyl (C=O) groups is 2. The van der Waals surface area contributed by atoms with Gasteiger partial charge < -0.3 is 30.1 Å². The summed E-state index contributed by atoms with van der Waals surface area (Å²) in [5, 5.41) is 34.1. The van der Waals surface area contributed by atoms with Gasteiger partial charge >= 0.3 is 5.69 Å². The highest BCUT2D eigenvalue weighted by molar-refractivity contribution is 9.10. The normalized spacial score (nSPS) is 26.0. The molecule has 5 atom stereocenters. The summed E-state index contributed by atoms with van der Waals surface area (Å²) in [7, 11) is 1.19. The Bertz CT molecular complexity index is 1110. The van der Waals surface area contributed by atoms with E-state index in [1.54, 1.807) is 18.2 Å². The summed E-state index contributed by atoms with van der Waals surface area (Å²) in [6.07, 6.45) is -5.03. The topological polar surface area (TPSA) is 160 Å². The van der Waals surface area contributed by atoms with Gasteiger partial charge in [0.1, 0.15) is 24.1 Å². The van der Waals surface area contributed by atoms with Crippen molar-refractivity contribution in [3.63, 3.8) is 0 Å². The van der Waals surface area contributed by atoms with Crippen molar-refractivity contribution >= 4 is 39.0 Å². The number of aliphatic hydroxyl groups excluding tert-OH is 1. The number of aromatic nitrogens is 2. The minimum Gasteiger partial charge on any atom is -0.506 e. The number of aliphatic hydroxyl groups is 2. The SMILES string of the molecule is CO[C@H]1[C@H](n2cc(Br)c(Nc3ccccc3O)nc2=O)O[C@H](C(O)C(C)=O)[C@]1(O)C(C)=O. The van der Waals surface area contributed by atoms with Crippen molar-refractivity contribution < 1.29 is 34.4 Å². The van der Waals surface area contributed by atoms with Crippen LogP contribution in [0.3, 0.4) is 0 Å². The molecule has 1 unspecified atom stereocenters. The highest BCUT2D eigenvalue weighted by Crippen LogP contribution is 2.41. The second-order valence-electron chi connectivity index (χ2n) is 7.31. The summed E-state index contributed by atoms with van der Waals surface area (Å²) in [6, 6.07) is 6.34. The van der Waals surface area contributed by atoms with Crippen molar-refractivity contribution in [3.05, 3.63) is 45.4 Å². The molecule has 4 N–H and O–H groups in total. The highest BCUT2D eigenvalue weighted by atomic mass is 79.9. The molecule has 0 bridgehead atoms. The summed E-state index contributed by atoms with van der Waals surface area (Å²) in [4.78, 5) is 40.8. The van der Waals surface area contributed by atoms with Crippen LogP contribution in [0.5, 0.6) is 5.75 Å². The largest absolute Gasteiger partial charge is 0.506 e. The molecule has 0 radical (unpaired) electrons. The van der Waals surface area contributed by atoms with Crippen LogP contribution in [0.15, 0.2) is 39.7 Å². The van der Waals surface area contributed by atoms with Gasteiger partial charge in [-0.05, 0) is 41.9 Å². The third-order valence-corrected chi connectivity index (χ3v) is 5.85. The molecule has 2 aromatic rings. The van der Waals surface area contributed by atoms with Gasteiger partial charge in [0.05, 0.1) is 10.2 Å². The van der Waals surface area contributed by atoms with Crippen molar-refractivity contribution in [2.24, 2.45) is 0 Å². The van der Waals surface area contributed by atoms with E-state index in [1.807, 2.05) is 0 Å². The molecule has 11 nitrogen and oxygen atoms in total. The van der Waals surface area contributed by atoms with E-state index >= 15 is 0 Å². The number of para-hydroxylation sites is 2. The van der Waals surface area contributed by atoms with Gasteiger partial charge in [0, 0.05) is 13.3 Å². The fourth-order valence-corrected chi connectivity index (χ4v) is 3.97. The molecule has 1 aliphatic heterocycles. The highest BCUT2D eigenvalue weighted by Gasteiger charge is 2.63. The van der Waals surface area contributed by atoms with Crippen molar-refractivity contribution in [1.82, 2.24) is 9.55 Å². The number of ketones is 2. The molecule has 0 saturated carbocycles. The van der Waals surface area contributed by atoms with Crippen LogP contribution < -0.4 is 11.0 Å². The molecule has 1 aromatic carbocycles. The Morgan fingerprint density at radius 2 is 2.00 bits per heavy atom. The Morgan fingerprint density at radius 1 is 1.34 bits per heavy atom. The first-order chi connectivity index (χ1) is 15.0. The van der Waals surface area contributed by atoms with E-state index in [1.165, 1.54) is 19.4 Å². The number of phenols is 1. The molecule has 1 aliphatic rings. The lowest BCUT2D eigenvalue weighted by atomic mass is 9.84. The van der Waals surface area contributed by atoms with E-state index in [4.69, 9.17) is 9.47 Å². The number of phenolic OH excluding ortho intramolecular Hbond substituents is 1. The molecule has 3 rings (SSSR count). The van der Waals surface area contributed by atoms with Gasteiger partial charge in [-0.15, -0.1) is 0 Å². The number of benzene rings is 1. The van der Waals surface area contributed by atoms with Crippen molar-refractivity contribution in [3.8, 4) is 5.75 Å². The van der Waals surface area contributed by atoms with Gasteiger partial charge in [-0.25, -0.2) is 4.79 Å². The van der Waals surface area contributed by atoms with Gasteiger partial charge in [-0.2, -0.15) is 4.98 Å². The Labute approximate surface area is 190 Å². The summed E-state index contributed by atoms with van der Waals surface area (Å²) in [5.41, 5.74) is -2.94. The first-order valence-corrected chi connectivity index (χ1v) is 10.3. The van der Waals surface area contributed by atoms with Crippen LogP contribution in [0.2, 0.25) is 0 Å². The molecule has 0 amide bonds. The maximum absolute atomic E-state index is 12.8. The second-order valence-corrected chi connectivity index (χ2v) is 8.16. The monoisotopic (exact) mass is 511 g/mol. The maximum atomic E-state index is 12.8. The Balaban J connectivity index is 2.04. The number of methoxy groups -OCH3 is 1. The van der Waals surface area contributed by atoms with E-state index < -0.39 is 47.4 Å². The van der Waals surface area contributed by atoms with Crippen LogP contribution in [0, 0.1) is 0 Å². The van der Waals surface area contributed by atoms with E-state index in [0.29, 0.717) is 5.69 Å². The summed E-state index contributed by atoms with van der Waals surface area (Å²) >= 11 is 3.28. The van der Waals surface area contributed by atoms with E-state index in [0.717, 1.165) is 18.4 Å². The van der Waals surface area contributed by atoms with Crippen LogP contribution in [-0.2, 0) is 19.1 Å². The number of rotatable bonds is 7. The fraction of sp³-hybridized carbons (Fsp3) is 0.400. The predicted octanol–water partition coefficient (Wildman–Crippen LogP) is 0.637. The number of nitrogens with zero attached hydrogens (tertiary/aromatic N) is 2. The molecular weight excluding hydrogens is 490 g/mol. The minimum atomic E-state index is -2.40.